The Balaban J connectivity index is 1.52. The van der Waals surface area contributed by atoms with E-state index in [0.29, 0.717) is 52.0 Å². The number of para-hydroxylation sites is 1. The zero-order valence-corrected chi connectivity index (χ0v) is 21.0. The quantitative estimate of drug-likeness (QED) is 0.450. The van der Waals surface area contributed by atoms with Crippen LogP contribution in [0.1, 0.15) is 22.2 Å². The standard InChI is InChI=1S/C24H25F4N5O3S/c1-3-30(13-24(26,27)28)18(34)12-33-14-29-21-19(22(33)35)15(2)20(37-21)23(36)32-10-8-31(9-11-32)17-7-5-4-6-16(17)25/h4-7,14H,3,8-13H2,1-2H3. The summed E-state index contributed by atoms with van der Waals surface area (Å²) < 4.78 is 53.4. The van der Waals surface area contributed by atoms with E-state index in [1.165, 1.54) is 13.0 Å². The van der Waals surface area contributed by atoms with Gasteiger partial charge in [-0.2, -0.15) is 13.2 Å². The van der Waals surface area contributed by atoms with Crippen molar-refractivity contribution in [3.05, 3.63) is 57.2 Å². The number of hydrogen-bond acceptors (Lipinski definition) is 6. The molecule has 13 heteroatoms. The molecule has 8 nitrogen and oxygen atoms in total. The lowest BCUT2D eigenvalue weighted by Gasteiger charge is -2.36. The van der Waals surface area contributed by atoms with Crippen molar-refractivity contribution in [1.29, 1.82) is 0 Å². The minimum absolute atomic E-state index is 0.160. The molecule has 0 radical (unpaired) electrons. The average molecular weight is 540 g/mol. The smallest absolute Gasteiger partial charge is 0.366 e. The molecular formula is C24H25F4N5O3S. The summed E-state index contributed by atoms with van der Waals surface area (Å²) in [4.78, 5) is 47.7. The van der Waals surface area contributed by atoms with Gasteiger partial charge in [0.15, 0.2) is 0 Å². The van der Waals surface area contributed by atoms with Gasteiger partial charge in [0.05, 0.1) is 22.3 Å². The van der Waals surface area contributed by atoms with Crippen LogP contribution in [0.3, 0.4) is 0 Å². The van der Waals surface area contributed by atoms with Gasteiger partial charge in [-0.05, 0) is 31.5 Å². The third-order valence-electron chi connectivity index (χ3n) is 6.28. The monoisotopic (exact) mass is 539 g/mol. The van der Waals surface area contributed by atoms with Crippen molar-refractivity contribution in [3.63, 3.8) is 0 Å². The maximum Gasteiger partial charge on any atom is 0.406 e. The van der Waals surface area contributed by atoms with Crippen molar-refractivity contribution >= 4 is 39.1 Å². The summed E-state index contributed by atoms with van der Waals surface area (Å²) in [5.41, 5.74) is 0.283. The van der Waals surface area contributed by atoms with Crippen LogP contribution in [0, 0.1) is 12.7 Å². The minimum atomic E-state index is -4.56. The average Bonchev–Trinajstić information content (AvgIpc) is 3.20. The Morgan fingerprint density at radius 2 is 1.81 bits per heavy atom. The highest BCUT2D eigenvalue weighted by Crippen LogP contribution is 2.29. The van der Waals surface area contributed by atoms with E-state index in [4.69, 9.17) is 0 Å². The molecular weight excluding hydrogens is 514 g/mol. The van der Waals surface area contributed by atoms with E-state index < -0.39 is 30.7 Å². The minimum Gasteiger partial charge on any atom is -0.366 e. The third kappa shape index (κ3) is 5.60. The molecule has 198 valence electrons. The molecule has 0 spiro atoms. The molecule has 3 heterocycles. The largest absolute Gasteiger partial charge is 0.406 e. The van der Waals surface area contributed by atoms with Gasteiger partial charge in [-0.25, -0.2) is 9.37 Å². The molecule has 2 amide bonds. The number of thiophene rings is 1. The van der Waals surface area contributed by atoms with E-state index in [1.807, 2.05) is 4.90 Å². The fourth-order valence-electron chi connectivity index (χ4n) is 4.32. The van der Waals surface area contributed by atoms with Crippen LogP contribution in [0.4, 0.5) is 23.2 Å². The molecule has 0 saturated carbocycles. The van der Waals surface area contributed by atoms with Crippen molar-refractivity contribution in [2.75, 3.05) is 44.2 Å². The van der Waals surface area contributed by atoms with Crippen LogP contribution in [0.2, 0.25) is 0 Å². The van der Waals surface area contributed by atoms with E-state index in [0.717, 1.165) is 22.2 Å². The second-order valence-corrected chi connectivity index (χ2v) is 9.67. The van der Waals surface area contributed by atoms with Gasteiger partial charge in [0, 0.05) is 32.7 Å². The number of fused-ring (bicyclic) bond motifs is 1. The number of carbonyl (C=O) groups is 2. The van der Waals surface area contributed by atoms with E-state index in [2.05, 4.69) is 4.98 Å². The number of piperazine rings is 1. The highest BCUT2D eigenvalue weighted by molar-refractivity contribution is 7.20. The molecule has 0 bridgehead atoms. The lowest BCUT2D eigenvalue weighted by atomic mass is 10.2. The number of alkyl halides is 3. The van der Waals surface area contributed by atoms with E-state index in [1.54, 1.807) is 30.0 Å². The van der Waals surface area contributed by atoms with E-state index >= 15 is 0 Å². The molecule has 1 aromatic carbocycles. The van der Waals surface area contributed by atoms with Crippen LogP contribution in [0.15, 0.2) is 35.4 Å². The summed E-state index contributed by atoms with van der Waals surface area (Å²) in [6.45, 7) is 2.46. The Kier molecular flexibility index (Phi) is 7.53. The van der Waals surface area contributed by atoms with Gasteiger partial charge in [-0.3, -0.25) is 19.0 Å². The number of aromatic nitrogens is 2. The summed E-state index contributed by atoms with van der Waals surface area (Å²) >= 11 is 1.05. The SMILES string of the molecule is CCN(CC(F)(F)F)C(=O)Cn1cnc2sc(C(=O)N3CCN(c4ccccc4F)CC3)c(C)c2c1=O. The Bertz CT molecular complexity index is 1380. The number of carbonyl (C=O) groups excluding carboxylic acids is 2. The summed E-state index contributed by atoms with van der Waals surface area (Å²) in [5.74, 6) is -1.47. The summed E-state index contributed by atoms with van der Waals surface area (Å²) in [6, 6.07) is 6.44. The number of amides is 2. The molecule has 1 aliphatic heterocycles. The van der Waals surface area contributed by atoms with Crippen LogP contribution in [-0.2, 0) is 11.3 Å². The fraction of sp³-hybridized carbons (Fsp3) is 0.417. The van der Waals surface area contributed by atoms with Crippen molar-refractivity contribution in [1.82, 2.24) is 19.4 Å². The molecule has 4 rings (SSSR count). The highest BCUT2D eigenvalue weighted by atomic mass is 32.1. The molecule has 0 aliphatic carbocycles. The van der Waals surface area contributed by atoms with Crippen LogP contribution in [0.5, 0.6) is 0 Å². The van der Waals surface area contributed by atoms with Crippen molar-refractivity contribution in [2.24, 2.45) is 0 Å². The van der Waals surface area contributed by atoms with Gasteiger partial charge in [0.1, 0.15) is 23.7 Å². The first kappa shape index (κ1) is 26.6. The maximum absolute atomic E-state index is 14.1. The Morgan fingerprint density at radius 1 is 1.14 bits per heavy atom. The molecule has 1 aliphatic rings. The Morgan fingerprint density at radius 3 is 2.43 bits per heavy atom. The van der Waals surface area contributed by atoms with Crippen LogP contribution in [0.25, 0.3) is 10.2 Å². The molecule has 0 atom stereocenters. The zero-order chi connectivity index (χ0) is 26.9. The number of hydrogen-bond donors (Lipinski definition) is 0. The number of rotatable bonds is 6. The number of likely N-dealkylation sites (N-methyl/N-ethyl adjacent to an activating group) is 1. The van der Waals surface area contributed by atoms with E-state index in [-0.39, 0.29) is 23.7 Å². The molecule has 2 aromatic heterocycles. The summed E-state index contributed by atoms with van der Waals surface area (Å²) in [5, 5.41) is 0.160. The maximum atomic E-state index is 14.1. The number of nitrogens with zero attached hydrogens (tertiary/aromatic N) is 5. The van der Waals surface area contributed by atoms with Crippen LogP contribution in [-0.4, -0.2) is 76.6 Å². The number of anilines is 1. The summed E-state index contributed by atoms with van der Waals surface area (Å²) in [7, 11) is 0. The first-order valence-electron chi connectivity index (χ1n) is 11.6. The third-order valence-corrected chi connectivity index (χ3v) is 7.47. The Hall–Kier alpha value is -3.48. The second kappa shape index (κ2) is 10.5. The van der Waals surface area contributed by atoms with Gasteiger partial charge in [-0.1, -0.05) is 12.1 Å². The van der Waals surface area contributed by atoms with Gasteiger partial charge >= 0.3 is 6.18 Å². The lowest BCUT2D eigenvalue weighted by molar-refractivity contribution is -0.161. The van der Waals surface area contributed by atoms with Gasteiger partial charge in [-0.15, -0.1) is 11.3 Å². The molecule has 0 unspecified atom stereocenters. The number of halogens is 4. The van der Waals surface area contributed by atoms with Crippen molar-refractivity contribution in [2.45, 2.75) is 26.6 Å². The number of benzene rings is 1. The van der Waals surface area contributed by atoms with Gasteiger partial charge < -0.3 is 14.7 Å². The fourth-order valence-corrected chi connectivity index (χ4v) is 5.42. The number of aryl methyl sites for hydroxylation is 1. The van der Waals surface area contributed by atoms with Crippen LogP contribution < -0.4 is 10.5 Å². The first-order valence-corrected chi connectivity index (χ1v) is 12.4. The topological polar surface area (TPSA) is 78.8 Å². The first-order chi connectivity index (χ1) is 17.5. The Labute approximate surface area is 213 Å². The molecule has 1 fully saturated rings. The molecule has 37 heavy (non-hydrogen) atoms. The lowest BCUT2D eigenvalue weighted by Crippen LogP contribution is -2.49. The predicted octanol–water partition coefficient (Wildman–Crippen LogP) is 3.28. The highest BCUT2D eigenvalue weighted by Gasteiger charge is 2.33. The zero-order valence-electron chi connectivity index (χ0n) is 20.2. The molecule has 1 saturated heterocycles. The second-order valence-electron chi connectivity index (χ2n) is 8.67. The normalized spacial score (nSPS) is 14.3. The molecule has 3 aromatic rings. The van der Waals surface area contributed by atoms with Gasteiger partial charge in [0.25, 0.3) is 11.5 Å². The van der Waals surface area contributed by atoms with E-state index in [9.17, 15) is 31.9 Å². The van der Waals surface area contributed by atoms with Gasteiger partial charge in [0.2, 0.25) is 5.91 Å². The van der Waals surface area contributed by atoms with Crippen molar-refractivity contribution < 1.29 is 27.2 Å². The predicted molar refractivity (Wildman–Crippen MR) is 131 cm³/mol. The summed E-state index contributed by atoms with van der Waals surface area (Å²) in [6.07, 6.45) is -3.44. The van der Waals surface area contributed by atoms with Crippen molar-refractivity contribution in [3.8, 4) is 0 Å². The molecule has 0 N–H and O–H groups in total. The van der Waals surface area contributed by atoms with Crippen LogP contribution >= 0.6 is 11.3 Å².